The van der Waals surface area contributed by atoms with Crippen LogP contribution in [0, 0.1) is 0 Å². The van der Waals surface area contributed by atoms with Gasteiger partial charge in [-0.1, -0.05) is 0 Å². The minimum absolute atomic E-state index is 0.0177. The Labute approximate surface area is 254 Å². The molecule has 0 amide bonds. The molecular weight excluding hydrogens is 669 g/mol. The summed E-state index contributed by atoms with van der Waals surface area (Å²) in [5.41, 5.74) is 9.55. The lowest BCUT2D eigenvalue weighted by atomic mass is 10.1. The number of phosphoric ester groups is 1. The Bertz CT molecular complexity index is 1950. The molecule has 2 bridgehead atoms. The summed E-state index contributed by atoms with van der Waals surface area (Å²) in [6.07, 6.45) is 0.234. The number of H-pyrrole nitrogens is 1. The van der Waals surface area contributed by atoms with Gasteiger partial charge in [-0.2, -0.15) is 16.7 Å². The van der Waals surface area contributed by atoms with Gasteiger partial charge in [-0.05, 0) is 11.8 Å². The van der Waals surface area contributed by atoms with Crippen LogP contribution in [-0.4, -0.2) is 91.9 Å². The van der Waals surface area contributed by atoms with Crippen LogP contribution in [0.25, 0.3) is 22.3 Å². The maximum atomic E-state index is 16.9. The molecule has 7 heterocycles. The maximum Gasteiger partial charge on any atom is 0.472 e. The highest BCUT2D eigenvalue weighted by atomic mass is 32.5. The zero-order chi connectivity index (χ0) is 31.1. The fraction of sp³-hybridized carbons (Fsp3) is 0.500. The fourth-order valence-electron chi connectivity index (χ4n) is 5.38. The Hall–Kier alpha value is -2.62. The van der Waals surface area contributed by atoms with Crippen molar-refractivity contribution in [2.24, 2.45) is 0 Å². The Morgan fingerprint density at radius 2 is 1.89 bits per heavy atom. The first-order valence-electron chi connectivity index (χ1n) is 12.7. The highest BCUT2D eigenvalue weighted by Gasteiger charge is 2.58. The van der Waals surface area contributed by atoms with Gasteiger partial charge in [0.1, 0.15) is 24.6 Å². The van der Waals surface area contributed by atoms with Gasteiger partial charge in [-0.3, -0.25) is 32.5 Å². The molecule has 24 heteroatoms. The number of nitrogens with two attached hydrogens (primary N) is 2. The Kier molecular flexibility index (Phi) is 7.14. The third kappa shape index (κ3) is 5.03. The van der Waals surface area contributed by atoms with Crippen molar-refractivity contribution in [3.05, 3.63) is 29.3 Å². The number of nitrogens with one attached hydrogen (secondary N) is 1. The van der Waals surface area contributed by atoms with Gasteiger partial charge < -0.3 is 30.5 Å². The summed E-state index contributed by atoms with van der Waals surface area (Å²) >= 11 is 6.60. The van der Waals surface area contributed by atoms with Crippen molar-refractivity contribution >= 4 is 72.2 Å². The number of aromatic amines is 1. The number of rotatable bonds is 2. The molecule has 3 fully saturated rings. The minimum Gasteiger partial charge on any atom is -0.382 e. The molecule has 7 rings (SSSR count). The second kappa shape index (κ2) is 10.5. The minimum atomic E-state index is -4.97. The number of halogens is 1. The Balaban J connectivity index is 1.26. The number of imidazole rings is 2. The van der Waals surface area contributed by atoms with E-state index in [0.717, 1.165) is 17.2 Å². The highest BCUT2D eigenvalue weighted by Crippen LogP contribution is 2.58. The van der Waals surface area contributed by atoms with Crippen molar-refractivity contribution in [2.75, 3.05) is 37.0 Å². The third-order valence-corrected chi connectivity index (χ3v) is 11.3. The van der Waals surface area contributed by atoms with Crippen LogP contribution in [0.1, 0.15) is 6.42 Å². The molecule has 3 aliphatic heterocycles. The lowest BCUT2D eigenvalue weighted by Crippen LogP contribution is -2.45. The first-order chi connectivity index (χ1) is 20.8. The van der Waals surface area contributed by atoms with E-state index in [1.54, 1.807) is 0 Å². The standard InChI is InChI=1S/C20H23FN10O9P2S2/c21-20(31-8-26-11-14(22)24-6-25-15(11)31)4-36-10-3-38-42(35,43)40-19(30-7-27-12-16(30)28-18(23)29-17(12)32)1-9(44-5-19)2-37-41(33,34)39-13(10)20/h6-10,13H,1-5H2,(H,33,34)(H,35,43)(H2,22,24,25)(H3,23,28,29,32)/t9-,10+,13+,19+,20+,42?/m0/s1. The number of anilines is 2. The van der Waals surface area contributed by atoms with Gasteiger partial charge in [0.15, 0.2) is 34.5 Å². The normalized spacial score (nSPS) is 36.6. The topological polar surface area (TPSA) is 263 Å². The molecule has 3 aliphatic rings. The van der Waals surface area contributed by atoms with Crippen LogP contribution in [0.5, 0.6) is 0 Å². The van der Waals surface area contributed by atoms with E-state index in [1.807, 2.05) is 0 Å². The number of phosphoric acid groups is 1. The van der Waals surface area contributed by atoms with E-state index in [0.29, 0.717) is 0 Å². The number of fused-ring (bicyclic) bond motifs is 5. The molecule has 4 aromatic rings. The van der Waals surface area contributed by atoms with Gasteiger partial charge in [-0.15, -0.1) is 0 Å². The molecule has 7 atom stereocenters. The predicted molar refractivity (Wildman–Crippen MR) is 154 cm³/mol. The average molecular weight is 693 g/mol. The SMILES string of the molecule is Nc1nc2c(ncn2[C@@]23CS[C@H](COP(=O)(O)O[C@@H]4[C@@H](COP(O)(=S)O2)OC[C@@]4(F)n2cnc4c(N)ncnc42)C3)c(=O)[nH]1. The molecule has 0 aromatic carbocycles. The van der Waals surface area contributed by atoms with Crippen molar-refractivity contribution in [2.45, 2.75) is 35.4 Å². The van der Waals surface area contributed by atoms with Gasteiger partial charge in [0.05, 0.1) is 25.9 Å². The van der Waals surface area contributed by atoms with Crippen LogP contribution in [0.3, 0.4) is 0 Å². The number of hydrogen-bond acceptors (Lipinski definition) is 16. The Morgan fingerprint density at radius 1 is 1.11 bits per heavy atom. The molecule has 2 unspecified atom stereocenters. The summed E-state index contributed by atoms with van der Waals surface area (Å²) in [7, 11) is -4.97. The molecule has 236 valence electrons. The summed E-state index contributed by atoms with van der Waals surface area (Å²) in [6, 6.07) is 0. The second-order valence-corrected chi connectivity index (χ2v) is 15.6. The summed E-state index contributed by atoms with van der Waals surface area (Å²) in [5, 5.41) is -0.547. The maximum absolute atomic E-state index is 16.9. The monoisotopic (exact) mass is 692 g/mol. The molecule has 4 aromatic heterocycles. The highest BCUT2D eigenvalue weighted by molar-refractivity contribution is 8.07. The summed E-state index contributed by atoms with van der Waals surface area (Å²) in [4.78, 5) is 57.0. The van der Waals surface area contributed by atoms with E-state index in [2.05, 4.69) is 29.9 Å². The number of nitrogens with zero attached hydrogens (tertiary/aromatic N) is 7. The van der Waals surface area contributed by atoms with Crippen LogP contribution in [0.2, 0.25) is 0 Å². The molecule has 7 N–H and O–H groups in total. The Morgan fingerprint density at radius 3 is 2.70 bits per heavy atom. The molecule has 3 saturated heterocycles. The van der Waals surface area contributed by atoms with E-state index >= 15 is 4.39 Å². The molecule has 0 spiro atoms. The van der Waals surface area contributed by atoms with Gasteiger partial charge >= 0.3 is 14.5 Å². The van der Waals surface area contributed by atoms with Crippen LogP contribution in [-0.2, 0) is 50.7 Å². The zero-order valence-electron chi connectivity index (χ0n) is 22.1. The first kappa shape index (κ1) is 30.1. The van der Waals surface area contributed by atoms with Gasteiger partial charge in [-0.25, -0.2) is 28.9 Å². The molecule has 0 radical (unpaired) electrons. The van der Waals surface area contributed by atoms with E-state index in [1.165, 1.54) is 22.7 Å². The lowest BCUT2D eigenvalue weighted by Gasteiger charge is -2.34. The van der Waals surface area contributed by atoms with Gasteiger partial charge in [0.2, 0.25) is 11.7 Å². The number of nitrogen functional groups attached to an aromatic ring is 2. The molecule has 0 aliphatic carbocycles. The first-order valence-corrected chi connectivity index (χ1v) is 17.9. The van der Waals surface area contributed by atoms with Crippen molar-refractivity contribution < 1.29 is 41.6 Å². The van der Waals surface area contributed by atoms with E-state index in [9.17, 15) is 19.1 Å². The predicted octanol–water partition coefficient (Wildman–Crippen LogP) is 0.0691. The number of thioether (sulfide) groups is 1. The molecular formula is C20H23FN10O9P2S2. The molecule has 19 nitrogen and oxygen atoms in total. The third-order valence-electron chi connectivity index (χ3n) is 7.35. The van der Waals surface area contributed by atoms with Crippen LogP contribution >= 0.6 is 26.3 Å². The van der Waals surface area contributed by atoms with Crippen molar-refractivity contribution in [1.82, 2.24) is 39.0 Å². The number of alkyl halides is 1. The van der Waals surface area contributed by atoms with Crippen LogP contribution in [0.15, 0.2) is 23.8 Å². The number of ether oxygens (including phenoxy) is 1. The van der Waals surface area contributed by atoms with E-state index in [4.69, 9.17) is 46.1 Å². The van der Waals surface area contributed by atoms with Gasteiger partial charge in [0.25, 0.3) is 5.56 Å². The van der Waals surface area contributed by atoms with E-state index in [-0.39, 0.29) is 52.9 Å². The summed E-state index contributed by atoms with van der Waals surface area (Å²) < 4.78 is 60.6. The molecule has 0 saturated carbocycles. The van der Waals surface area contributed by atoms with Crippen molar-refractivity contribution in [3.63, 3.8) is 0 Å². The number of hydrogen-bond donors (Lipinski definition) is 5. The number of aromatic nitrogens is 8. The lowest BCUT2D eigenvalue weighted by molar-refractivity contribution is -0.0478. The quantitative estimate of drug-likeness (QED) is 0.174. The van der Waals surface area contributed by atoms with Gasteiger partial charge in [0, 0.05) is 17.4 Å². The molecule has 44 heavy (non-hydrogen) atoms. The zero-order valence-corrected chi connectivity index (χ0v) is 25.5. The second-order valence-electron chi connectivity index (χ2n) is 10.2. The summed E-state index contributed by atoms with van der Waals surface area (Å²) in [6.45, 7) is -5.90. The smallest absolute Gasteiger partial charge is 0.382 e. The largest absolute Gasteiger partial charge is 0.472 e. The average Bonchev–Trinajstić information content (AvgIpc) is 3.72. The fourth-order valence-corrected chi connectivity index (χ4v) is 9.58. The van der Waals surface area contributed by atoms with Crippen LogP contribution in [0.4, 0.5) is 16.2 Å². The van der Waals surface area contributed by atoms with Crippen molar-refractivity contribution in [3.8, 4) is 0 Å². The van der Waals surface area contributed by atoms with Crippen LogP contribution < -0.4 is 17.0 Å². The van der Waals surface area contributed by atoms with Crippen molar-refractivity contribution in [1.29, 1.82) is 0 Å². The summed E-state index contributed by atoms with van der Waals surface area (Å²) in [5.74, 6) is -2.77. The van der Waals surface area contributed by atoms with E-state index < -0.39 is 62.3 Å².